The Morgan fingerprint density at radius 1 is 1.22 bits per heavy atom. The molecule has 0 aromatic rings. The van der Waals surface area contributed by atoms with Gasteiger partial charge in [-0.05, 0) is 25.2 Å². The van der Waals surface area contributed by atoms with Gasteiger partial charge in [-0.1, -0.05) is 32.9 Å². The maximum Gasteiger partial charge on any atom is -0.0211 e. The quantitative estimate of drug-likeness (QED) is 0.506. The van der Waals surface area contributed by atoms with E-state index in [1.807, 2.05) is 0 Å². The van der Waals surface area contributed by atoms with Crippen molar-refractivity contribution < 1.29 is 0 Å². The lowest BCUT2D eigenvalue weighted by molar-refractivity contribution is 0.558. The van der Waals surface area contributed by atoms with Crippen LogP contribution in [0.15, 0.2) is 12.2 Å². The van der Waals surface area contributed by atoms with E-state index in [0.717, 1.165) is 12.3 Å². The molecule has 0 aromatic carbocycles. The first kappa shape index (κ1) is 8.74. The van der Waals surface area contributed by atoms with Crippen molar-refractivity contribution in [3.63, 3.8) is 0 Å². The van der Waals surface area contributed by atoms with Crippen molar-refractivity contribution >= 4 is 0 Å². The predicted molar refractivity (Wildman–Crippen MR) is 43.5 cm³/mol. The summed E-state index contributed by atoms with van der Waals surface area (Å²) in [5, 5.41) is 0. The van der Waals surface area contributed by atoms with E-state index in [1.54, 1.807) is 0 Å². The van der Waals surface area contributed by atoms with Crippen LogP contribution in [0.2, 0.25) is 0 Å². The first-order chi connectivity index (χ1) is 4.26. The van der Waals surface area contributed by atoms with Crippen molar-refractivity contribution in [1.29, 1.82) is 0 Å². The van der Waals surface area contributed by atoms with Gasteiger partial charge in [-0.3, -0.25) is 0 Å². The van der Waals surface area contributed by atoms with Gasteiger partial charge in [0.05, 0.1) is 0 Å². The van der Waals surface area contributed by atoms with Gasteiger partial charge in [-0.25, -0.2) is 0 Å². The first-order valence-electron chi connectivity index (χ1n) is 3.93. The Bertz CT molecular complexity index is 78.0. The molecule has 0 heterocycles. The van der Waals surface area contributed by atoms with Crippen molar-refractivity contribution in [2.75, 3.05) is 0 Å². The molecule has 0 aliphatic carbocycles. The van der Waals surface area contributed by atoms with Gasteiger partial charge < -0.3 is 0 Å². The van der Waals surface area contributed by atoms with Gasteiger partial charge in [-0.2, -0.15) is 0 Å². The van der Waals surface area contributed by atoms with Crippen LogP contribution in [0, 0.1) is 5.92 Å². The molecule has 0 nitrogen and oxygen atoms in total. The Hall–Kier alpha value is -0.260. The minimum Gasteiger partial charge on any atom is -0.0996 e. The summed E-state index contributed by atoms with van der Waals surface area (Å²) in [4.78, 5) is 0. The second kappa shape index (κ2) is 4.60. The van der Waals surface area contributed by atoms with E-state index in [2.05, 4.69) is 27.4 Å². The molecular formula is C9H18. The van der Waals surface area contributed by atoms with Crippen LogP contribution in [0.25, 0.3) is 0 Å². The summed E-state index contributed by atoms with van der Waals surface area (Å²) in [5.41, 5.74) is 1.42. The lowest BCUT2D eigenvalue weighted by Gasteiger charge is -2.12. The van der Waals surface area contributed by atoms with Crippen LogP contribution in [-0.2, 0) is 0 Å². The summed E-state index contributed by atoms with van der Waals surface area (Å²) in [6, 6.07) is 0. The van der Waals surface area contributed by atoms with Crippen molar-refractivity contribution in [2.24, 2.45) is 5.92 Å². The van der Waals surface area contributed by atoms with Crippen LogP contribution in [-0.4, -0.2) is 0 Å². The highest BCUT2D eigenvalue weighted by Gasteiger charge is 2.04. The van der Waals surface area contributed by atoms with E-state index >= 15 is 0 Å². The molecule has 0 aromatic heterocycles. The van der Waals surface area contributed by atoms with E-state index in [4.69, 9.17) is 0 Å². The van der Waals surface area contributed by atoms with E-state index < -0.39 is 0 Å². The fourth-order valence-electron chi connectivity index (χ4n) is 1.15. The molecule has 0 amide bonds. The van der Waals surface area contributed by atoms with Crippen LogP contribution in [0.4, 0.5) is 0 Å². The van der Waals surface area contributed by atoms with E-state index in [1.165, 1.54) is 18.4 Å². The van der Waals surface area contributed by atoms with Crippen molar-refractivity contribution in [3.8, 4) is 0 Å². The monoisotopic (exact) mass is 126 g/mol. The number of hydrogen-bond donors (Lipinski definition) is 0. The molecular weight excluding hydrogens is 108 g/mol. The second-order valence-electron chi connectivity index (χ2n) is 2.53. The summed E-state index contributed by atoms with van der Waals surface area (Å²) in [7, 11) is 0. The normalized spacial score (nSPS) is 10.2. The lowest BCUT2D eigenvalue weighted by atomic mass is 9.93. The summed E-state index contributed by atoms with van der Waals surface area (Å²) in [5.74, 6) is 0.773. The molecule has 0 heteroatoms. The molecule has 9 heavy (non-hydrogen) atoms. The van der Waals surface area contributed by atoms with Crippen LogP contribution in [0.3, 0.4) is 0 Å². The minimum absolute atomic E-state index is 0.773. The molecule has 0 unspecified atom stereocenters. The third-order valence-corrected chi connectivity index (χ3v) is 2.02. The Morgan fingerprint density at radius 3 is 1.78 bits per heavy atom. The molecule has 0 saturated heterocycles. The Morgan fingerprint density at radius 2 is 1.67 bits per heavy atom. The van der Waals surface area contributed by atoms with Crippen LogP contribution >= 0.6 is 0 Å². The third-order valence-electron chi connectivity index (χ3n) is 2.02. The highest BCUT2D eigenvalue weighted by molar-refractivity contribution is 4.98. The smallest absolute Gasteiger partial charge is 0.0211 e. The van der Waals surface area contributed by atoms with Crippen LogP contribution in [0.5, 0.6) is 0 Å². The Balaban J connectivity index is 3.64. The van der Waals surface area contributed by atoms with Crippen LogP contribution in [0.1, 0.15) is 40.0 Å². The van der Waals surface area contributed by atoms with Gasteiger partial charge in [-0.15, -0.1) is 0 Å². The molecule has 0 aliphatic rings. The molecule has 0 rings (SSSR count). The van der Waals surface area contributed by atoms with E-state index in [9.17, 15) is 0 Å². The summed E-state index contributed by atoms with van der Waals surface area (Å²) in [6.45, 7) is 10.7. The zero-order valence-electron chi connectivity index (χ0n) is 6.91. The zero-order chi connectivity index (χ0) is 7.28. The Kier molecular flexibility index (Phi) is 4.47. The largest absolute Gasteiger partial charge is 0.0996 e. The first-order valence-corrected chi connectivity index (χ1v) is 3.93. The molecule has 0 radical (unpaired) electrons. The predicted octanol–water partition coefficient (Wildman–Crippen LogP) is 3.39. The highest BCUT2D eigenvalue weighted by atomic mass is 14.1. The van der Waals surface area contributed by atoms with Crippen LogP contribution < -0.4 is 0 Å². The molecule has 0 aliphatic heterocycles. The van der Waals surface area contributed by atoms with Crippen molar-refractivity contribution in [3.05, 3.63) is 12.2 Å². The molecule has 0 atom stereocenters. The van der Waals surface area contributed by atoms with Crippen molar-refractivity contribution in [2.45, 2.75) is 40.0 Å². The molecule has 0 bridgehead atoms. The van der Waals surface area contributed by atoms with Gasteiger partial charge in [0.2, 0.25) is 0 Å². The second-order valence-corrected chi connectivity index (χ2v) is 2.53. The average molecular weight is 126 g/mol. The van der Waals surface area contributed by atoms with Gasteiger partial charge in [0.15, 0.2) is 0 Å². The average Bonchev–Trinajstić information content (AvgIpc) is 1.90. The van der Waals surface area contributed by atoms with Gasteiger partial charge in [0, 0.05) is 0 Å². The zero-order valence-corrected chi connectivity index (χ0v) is 6.91. The third kappa shape index (κ3) is 2.69. The van der Waals surface area contributed by atoms with Gasteiger partial charge in [0.1, 0.15) is 0 Å². The minimum atomic E-state index is 0.773. The fraction of sp³-hybridized carbons (Fsp3) is 0.778. The maximum absolute atomic E-state index is 4.02. The van der Waals surface area contributed by atoms with E-state index in [0.29, 0.717) is 0 Å². The summed E-state index contributed by atoms with van der Waals surface area (Å²) >= 11 is 0. The summed E-state index contributed by atoms with van der Waals surface area (Å²) < 4.78 is 0. The SMILES string of the molecule is C=C(CC)C(CC)CC. The van der Waals surface area contributed by atoms with Gasteiger partial charge >= 0.3 is 0 Å². The molecule has 0 fully saturated rings. The van der Waals surface area contributed by atoms with Crippen molar-refractivity contribution in [1.82, 2.24) is 0 Å². The number of rotatable bonds is 4. The fourth-order valence-corrected chi connectivity index (χ4v) is 1.15. The van der Waals surface area contributed by atoms with Gasteiger partial charge in [0.25, 0.3) is 0 Å². The molecule has 54 valence electrons. The highest BCUT2D eigenvalue weighted by Crippen LogP contribution is 2.18. The number of allylic oxidation sites excluding steroid dienone is 1. The van der Waals surface area contributed by atoms with E-state index in [-0.39, 0.29) is 0 Å². The lowest BCUT2D eigenvalue weighted by Crippen LogP contribution is -1.98. The standard InChI is InChI=1S/C9H18/c1-5-8(4)9(6-2)7-3/h9H,4-7H2,1-3H3. The molecule has 0 N–H and O–H groups in total. The topological polar surface area (TPSA) is 0 Å². The molecule has 0 saturated carbocycles. The Labute approximate surface area is 59.0 Å². The summed E-state index contributed by atoms with van der Waals surface area (Å²) in [6.07, 6.45) is 3.65. The molecule has 0 spiro atoms. The maximum atomic E-state index is 4.02. The number of hydrogen-bond acceptors (Lipinski definition) is 0.